The molecule has 0 bridgehead atoms. The summed E-state index contributed by atoms with van der Waals surface area (Å²) in [5, 5.41) is 3.69. The molecule has 0 unspecified atom stereocenters. The summed E-state index contributed by atoms with van der Waals surface area (Å²) in [6.07, 6.45) is 5.96. The van der Waals surface area contributed by atoms with Gasteiger partial charge in [-0.3, -0.25) is 0 Å². The Balaban J connectivity index is 1.47. The van der Waals surface area contributed by atoms with Crippen molar-refractivity contribution in [3.8, 4) is 11.5 Å². The highest BCUT2D eigenvalue weighted by molar-refractivity contribution is 6.29. The smallest absolute Gasteiger partial charge is 0.156 e. The summed E-state index contributed by atoms with van der Waals surface area (Å²) in [4.78, 5) is 16.2. The lowest BCUT2D eigenvalue weighted by Crippen LogP contribution is -2.05. The van der Waals surface area contributed by atoms with Crippen LogP contribution in [0.15, 0.2) is 48.9 Å². The molecule has 0 radical (unpaired) electrons. The number of pyridine rings is 1. The molecule has 0 aliphatic carbocycles. The summed E-state index contributed by atoms with van der Waals surface area (Å²) in [6.45, 7) is 0.538. The highest BCUT2D eigenvalue weighted by Gasteiger charge is 2.11. The van der Waals surface area contributed by atoms with Crippen LogP contribution in [-0.2, 0) is 13.0 Å². The van der Waals surface area contributed by atoms with Gasteiger partial charge in [0.25, 0.3) is 0 Å². The minimum absolute atomic E-state index is 0.378. The van der Waals surface area contributed by atoms with Crippen molar-refractivity contribution in [2.45, 2.75) is 13.0 Å². The van der Waals surface area contributed by atoms with Crippen LogP contribution in [0.25, 0.3) is 11.2 Å². The first kappa shape index (κ1) is 19.0. The third kappa shape index (κ3) is 4.09. The summed E-state index contributed by atoms with van der Waals surface area (Å²) in [5.74, 6) is 2.31. The molecule has 4 rings (SSSR count). The highest BCUT2D eigenvalue weighted by atomic mass is 35.5. The van der Waals surface area contributed by atoms with Gasteiger partial charge in [-0.25, -0.2) is 15.0 Å². The number of benzene rings is 1. The minimum atomic E-state index is 0.378. The fraction of sp³-hybridized carbons (Fsp3) is 0.190. The number of nitrogens with one attached hydrogen (secondary N) is 2. The van der Waals surface area contributed by atoms with Crippen LogP contribution in [0.5, 0.6) is 11.5 Å². The Morgan fingerprint density at radius 1 is 1.03 bits per heavy atom. The second kappa shape index (κ2) is 8.36. The van der Waals surface area contributed by atoms with E-state index in [4.69, 9.17) is 21.1 Å². The zero-order chi connectivity index (χ0) is 20.2. The number of halogens is 1. The van der Waals surface area contributed by atoms with E-state index >= 15 is 0 Å². The van der Waals surface area contributed by atoms with Gasteiger partial charge < -0.3 is 19.8 Å². The van der Waals surface area contributed by atoms with Gasteiger partial charge in [-0.2, -0.15) is 0 Å². The predicted octanol–water partition coefficient (Wildman–Crippen LogP) is 4.23. The van der Waals surface area contributed by atoms with Gasteiger partial charge in [-0.1, -0.05) is 23.7 Å². The molecule has 2 N–H and O–H groups in total. The molecule has 0 aliphatic heterocycles. The van der Waals surface area contributed by atoms with Crippen LogP contribution in [0.2, 0.25) is 5.15 Å². The second-order valence-electron chi connectivity index (χ2n) is 6.43. The van der Waals surface area contributed by atoms with Gasteiger partial charge in [0.1, 0.15) is 28.0 Å². The molecule has 148 valence electrons. The number of hydrogen-bond donors (Lipinski definition) is 2. The predicted molar refractivity (Wildman–Crippen MR) is 113 cm³/mol. The van der Waals surface area contributed by atoms with Crippen molar-refractivity contribution in [2.75, 3.05) is 19.5 Å². The first-order valence-electron chi connectivity index (χ1n) is 9.05. The largest absolute Gasteiger partial charge is 0.496 e. The van der Waals surface area contributed by atoms with Crippen LogP contribution < -0.4 is 14.8 Å². The summed E-state index contributed by atoms with van der Waals surface area (Å²) >= 11 is 5.97. The van der Waals surface area contributed by atoms with Gasteiger partial charge in [0.05, 0.1) is 26.0 Å². The van der Waals surface area contributed by atoms with E-state index in [2.05, 4.69) is 25.3 Å². The van der Waals surface area contributed by atoms with E-state index in [1.807, 2.05) is 42.7 Å². The number of anilines is 1. The van der Waals surface area contributed by atoms with Crippen molar-refractivity contribution in [1.29, 1.82) is 0 Å². The van der Waals surface area contributed by atoms with Crippen LogP contribution in [0.1, 0.15) is 16.7 Å². The fourth-order valence-electron chi connectivity index (χ4n) is 3.19. The number of aromatic nitrogens is 4. The van der Waals surface area contributed by atoms with E-state index in [1.165, 1.54) is 6.20 Å². The molecule has 0 spiro atoms. The molecule has 0 saturated heterocycles. The van der Waals surface area contributed by atoms with Crippen molar-refractivity contribution >= 4 is 28.6 Å². The van der Waals surface area contributed by atoms with E-state index in [9.17, 15) is 0 Å². The summed E-state index contributed by atoms with van der Waals surface area (Å²) in [7, 11) is 3.29. The molecule has 4 aromatic rings. The number of fused-ring (bicyclic) bond motifs is 1. The lowest BCUT2D eigenvalue weighted by Gasteiger charge is -2.14. The van der Waals surface area contributed by atoms with Crippen molar-refractivity contribution < 1.29 is 9.47 Å². The topological polar surface area (TPSA) is 85.0 Å². The third-order valence-corrected chi connectivity index (χ3v) is 4.81. The van der Waals surface area contributed by atoms with Gasteiger partial charge in [-0.15, -0.1) is 0 Å². The van der Waals surface area contributed by atoms with Gasteiger partial charge in [-0.05, 0) is 23.8 Å². The maximum Gasteiger partial charge on any atom is 0.156 e. The standard InChI is InChI=1S/C21H20ClN5O2/c1-28-16-4-3-5-17(29-2)15(16)11-24-19-7-6-13(9-23-19)8-14-10-25-21-20(14)27-18(22)12-26-21/h3-7,9-10,12H,8,11H2,1-2H3,(H,23,24)(H,25,26). The monoisotopic (exact) mass is 409 g/mol. The average Bonchev–Trinajstić information content (AvgIpc) is 3.14. The third-order valence-electron chi connectivity index (χ3n) is 4.63. The number of ether oxygens (including phenoxy) is 2. The van der Waals surface area contributed by atoms with Crippen LogP contribution in [0.3, 0.4) is 0 Å². The average molecular weight is 410 g/mol. The van der Waals surface area contributed by atoms with E-state index in [1.54, 1.807) is 14.2 Å². The zero-order valence-corrected chi connectivity index (χ0v) is 16.8. The van der Waals surface area contributed by atoms with E-state index in [0.29, 0.717) is 18.1 Å². The van der Waals surface area contributed by atoms with Gasteiger partial charge in [0.2, 0.25) is 0 Å². The summed E-state index contributed by atoms with van der Waals surface area (Å²) in [5.41, 5.74) is 4.53. The lowest BCUT2D eigenvalue weighted by molar-refractivity contribution is 0.386. The number of aromatic amines is 1. The normalized spacial score (nSPS) is 10.9. The van der Waals surface area contributed by atoms with Gasteiger partial charge >= 0.3 is 0 Å². The van der Waals surface area contributed by atoms with Crippen LogP contribution >= 0.6 is 11.6 Å². The first-order chi connectivity index (χ1) is 14.2. The van der Waals surface area contributed by atoms with Crippen molar-refractivity contribution in [3.63, 3.8) is 0 Å². The zero-order valence-electron chi connectivity index (χ0n) is 16.1. The Morgan fingerprint density at radius 3 is 2.52 bits per heavy atom. The number of methoxy groups -OCH3 is 2. The Labute approximate surface area is 173 Å². The SMILES string of the molecule is COc1cccc(OC)c1CNc1ccc(Cc2c[nH]c3ncc(Cl)nc23)cn1. The van der Waals surface area contributed by atoms with Crippen molar-refractivity contribution in [3.05, 3.63) is 70.8 Å². The Hall–Kier alpha value is -3.32. The van der Waals surface area contributed by atoms with E-state index < -0.39 is 0 Å². The molecule has 3 aromatic heterocycles. The minimum Gasteiger partial charge on any atom is -0.496 e. The molecule has 8 heteroatoms. The van der Waals surface area contributed by atoms with Crippen LogP contribution in [0, 0.1) is 0 Å². The Bertz CT molecular complexity index is 1110. The highest BCUT2D eigenvalue weighted by Crippen LogP contribution is 2.29. The maximum absolute atomic E-state index is 5.97. The molecule has 29 heavy (non-hydrogen) atoms. The molecule has 0 amide bonds. The molecule has 7 nitrogen and oxygen atoms in total. The van der Waals surface area contributed by atoms with E-state index in [-0.39, 0.29) is 0 Å². The quantitative estimate of drug-likeness (QED) is 0.475. The number of nitrogens with zero attached hydrogens (tertiary/aromatic N) is 3. The van der Waals surface area contributed by atoms with Crippen molar-refractivity contribution in [2.24, 2.45) is 0 Å². The summed E-state index contributed by atoms with van der Waals surface area (Å²) in [6, 6.07) is 9.70. The molecule has 0 atom stereocenters. The Morgan fingerprint density at radius 2 is 1.83 bits per heavy atom. The molecule has 0 fully saturated rings. The van der Waals surface area contributed by atoms with Gasteiger partial charge in [0, 0.05) is 30.9 Å². The van der Waals surface area contributed by atoms with E-state index in [0.717, 1.165) is 45.2 Å². The second-order valence-corrected chi connectivity index (χ2v) is 6.81. The molecular weight excluding hydrogens is 390 g/mol. The van der Waals surface area contributed by atoms with Gasteiger partial charge in [0.15, 0.2) is 5.65 Å². The summed E-state index contributed by atoms with van der Waals surface area (Å²) < 4.78 is 10.9. The molecule has 0 aliphatic rings. The Kier molecular flexibility index (Phi) is 5.48. The maximum atomic E-state index is 5.97. The first-order valence-corrected chi connectivity index (χ1v) is 9.43. The number of hydrogen-bond acceptors (Lipinski definition) is 6. The molecule has 1 aromatic carbocycles. The fourth-order valence-corrected chi connectivity index (χ4v) is 3.32. The number of H-pyrrole nitrogens is 1. The van der Waals surface area contributed by atoms with Crippen molar-refractivity contribution in [1.82, 2.24) is 19.9 Å². The van der Waals surface area contributed by atoms with Crippen LogP contribution in [-0.4, -0.2) is 34.2 Å². The lowest BCUT2D eigenvalue weighted by atomic mass is 10.1. The molecular formula is C21H20ClN5O2. The molecule has 3 heterocycles. The molecule has 0 saturated carbocycles. The van der Waals surface area contributed by atoms with Crippen LogP contribution in [0.4, 0.5) is 5.82 Å². The number of rotatable bonds is 7.